The van der Waals surface area contributed by atoms with E-state index in [1.54, 1.807) is 0 Å². The minimum absolute atomic E-state index is 0. The van der Waals surface area contributed by atoms with Gasteiger partial charge in [-0.1, -0.05) is 0 Å². The van der Waals surface area contributed by atoms with Gasteiger partial charge in [0.15, 0.2) is 0 Å². The number of likely N-dealkylation sites (tertiary alicyclic amines) is 1. The summed E-state index contributed by atoms with van der Waals surface area (Å²) in [6.07, 6.45) is 0. The molecule has 150 valence electrons. The Bertz CT molecular complexity index is 939. The smallest absolute Gasteiger partial charge is 0.261 e. The Morgan fingerprint density at radius 2 is 1.57 bits per heavy atom. The summed E-state index contributed by atoms with van der Waals surface area (Å²) >= 11 is 0. The van der Waals surface area contributed by atoms with E-state index in [4.69, 9.17) is 0 Å². The zero-order valence-electron chi connectivity index (χ0n) is 15.0. The molecule has 2 saturated heterocycles. The fourth-order valence-corrected chi connectivity index (χ4v) is 4.77. The van der Waals surface area contributed by atoms with Crippen molar-refractivity contribution in [1.82, 2.24) is 10.2 Å². The first-order chi connectivity index (χ1) is 12.9. The number of carbonyl (C=O) groups is 1. The van der Waals surface area contributed by atoms with Gasteiger partial charge in [-0.25, -0.2) is 12.8 Å². The standard InChI is InChI=1S/C19H20FN3O3S.ClH/c20-16-3-5-17(6-4-16)22-27(25,26)18-7-1-13(2-8-18)19(24)23-11-14-9-21-10-15(14)12-23;/h1-8,14-15,21-22H,9-12H2;1H/t14-,15+;. The van der Waals surface area contributed by atoms with E-state index in [1.165, 1.54) is 48.5 Å². The van der Waals surface area contributed by atoms with E-state index in [0.29, 0.717) is 17.4 Å². The molecule has 6 nitrogen and oxygen atoms in total. The minimum atomic E-state index is -3.81. The third-order valence-electron chi connectivity index (χ3n) is 5.18. The number of fused-ring (bicyclic) bond motifs is 1. The fourth-order valence-electron chi connectivity index (χ4n) is 3.71. The molecule has 0 unspecified atom stereocenters. The molecule has 0 aromatic heterocycles. The van der Waals surface area contributed by atoms with E-state index in [0.717, 1.165) is 26.2 Å². The van der Waals surface area contributed by atoms with Gasteiger partial charge in [-0.2, -0.15) is 0 Å². The molecular formula is C19H21ClFN3O3S. The lowest BCUT2D eigenvalue weighted by Crippen LogP contribution is -2.31. The summed E-state index contributed by atoms with van der Waals surface area (Å²) in [6.45, 7) is 3.37. The fraction of sp³-hybridized carbons (Fsp3) is 0.316. The lowest BCUT2D eigenvalue weighted by atomic mass is 10.0. The van der Waals surface area contributed by atoms with Crippen LogP contribution in [0.1, 0.15) is 10.4 Å². The second-order valence-electron chi connectivity index (χ2n) is 7.03. The van der Waals surface area contributed by atoms with Gasteiger partial charge < -0.3 is 10.2 Å². The van der Waals surface area contributed by atoms with Crippen LogP contribution in [0.4, 0.5) is 10.1 Å². The predicted molar refractivity (Wildman–Crippen MR) is 107 cm³/mol. The van der Waals surface area contributed by atoms with Gasteiger partial charge in [0.05, 0.1) is 4.90 Å². The van der Waals surface area contributed by atoms with E-state index < -0.39 is 15.8 Å². The predicted octanol–water partition coefficient (Wildman–Crippen LogP) is 2.34. The van der Waals surface area contributed by atoms with Gasteiger partial charge in [0.2, 0.25) is 0 Å². The first-order valence-electron chi connectivity index (χ1n) is 8.81. The molecule has 0 spiro atoms. The molecule has 9 heteroatoms. The van der Waals surface area contributed by atoms with Crippen molar-refractivity contribution in [2.75, 3.05) is 30.9 Å². The SMILES string of the molecule is Cl.O=C(c1ccc(S(=O)(=O)Nc2ccc(F)cc2)cc1)N1C[C@H]2CNC[C@H]2C1. The maximum absolute atomic E-state index is 12.9. The number of nitrogens with zero attached hydrogens (tertiary/aromatic N) is 1. The third-order valence-corrected chi connectivity index (χ3v) is 6.58. The van der Waals surface area contributed by atoms with Crippen molar-refractivity contribution in [2.24, 2.45) is 11.8 Å². The molecule has 2 N–H and O–H groups in total. The van der Waals surface area contributed by atoms with Crippen molar-refractivity contribution in [3.8, 4) is 0 Å². The molecule has 2 aliphatic rings. The van der Waals surface area contributed by atoms with Crippen LogP contribution < -0.4 is 10.0 Å². The van der Waals surface area contributed by atoms with Gasteiger partial charge >= 0.3 is 0 Å². The number of carbonyl (C=O) groups excluding carboxylic acids is 1. The number of sulfonamides is 1. The molecule has 4 rings (SSSR count). The van der Waals surface area contributed by atoms with E-state index in [9.17, 15) is 17.6 Å². The Kier molecular flexibility index (Phi) is 5.92. The average Bonchev–Trinajstić information content (AvgIpc) is 3.25. The first kappa shape index (κ1) is 20.6. The van der Waals surface area contributed by atoms with Crippen LogP contribution in [0.25, 0.3) is 0 Å². The Morgan fingerprint density at radius 3 is 2.14 bits per heavy atom. The zero-order valence-corrected chi connectivity index (χ0v) is 16.6. The molecule has 0 radical (unpaired) electrons. The molecule has 2 fully saturated rings. The zero-order chi connectivity index (χ0) is 19.0. The van der Waals surface area contributed by atoms with Gasteiger partial charge in [-0.05, 0) is 60.4 Å². The summed E-state index contributed by atoms with van der Waals surface area (Å²) in [5.74, 6) is 0.504. The van der Waals surface area contributed by atoms with Crippen LogP contribution in [-0.2, 0) is 10.0 Å². The molecule has 1 amide bonds. The third kappa shape index (κ3) is 4.14. The van der Waals surface area contributed by atoms with Crippen LogP contribution in [0.5, 0.6) is 0 Å². The molecular weight excluding hydrogens is 405 g/mol. The quantitative estimate of drug-likeness (QED) is 0.788. The Labute approximate surface area is 169 Å². The number of amides is 1. The van der Waals surface area contributed by atoms with Gasteiger partial charge in [0.1, 0.15) is 5.82 Å². The molecule has 2 atom stereocenters. The molecule has 2 aromatic carbocycles. The monoisotopic (exact) mass is 425 g/mol. The van der Waals surface area contributed by atoms with Crippen LogP contribution in [0.15, 0.2) is 53.4 Å². The molecule has 0 saturated carbocycles. The Morgan fingerprint density at radius 1 is 1.00 bits per heavy atom. The molecule has 0 aliphatic carbocycles. The number of anilines is 1. The first-order valence-corrected chi connectivity index (χ1v) is 10.3. The molecule has 2 aromatic rings. The topological polar surface area (TPSA) is 78.5 Å². The highest BCUT2D eigenvalue weighted by atomic mass is 35.5. The maximum atomic E-state index is 12.9. The highest BCUT2D eigenvalue weighted by Crippen LogP contribution is 2.27. The van der Waals surface area contributed by atoms with E-state index in [2.05, 4.69) is 10.0 Å². The van der Waals surface area contributed by atoms with Gasteiger partial charge in [-0.15, -0.1) is 12.4 Å². The summed E-state index contributed by atoms with van der Waals surface area (Å²) in [5.41, 5.74) is 0.748. The number of hydrogen-bond donors (Lipinski definition) is 2. The molecule has 0 bridgehead atoms. The summed E-state index contributed by atoms with van der Waals surface area (Å²) < 4.78 is 40.2. The molecule has 28 heavy (non-hydrogen) atoms. The van der Waals surface area contributed by atoms with Crippen molar-refractivity contribution in [2.45, 2.75) is 4.90 Å². The normalized spacial score (nSPS) is 21.1. The van der Waals surface area contributed by atoms with E-state index in [1.807, 2.05) is 4.90 Å². The van der Waals surface area contributed by atoms with Gasteiger partial charge in [0, 0.05) is 37.4 Å². The van der Waals surface area contributed by atoms with Crippen molar-refractivity contribution in [1.29, 1.82) is 0 Å². The summed E-state index contributed by atoms with van der Waals surface area (Å²) in [6, 6.07) is 11.0. The highest BCUT2D eigenvalue weighted by Gasteiger charge is 2.38. The largest absolute Gasteiger partial charge is 0.338 e. The second-order valence-corrected chi connectivity index (χ2v) is 8.71. The van der Waals surface area contributed by atoms with Crippen LogP contribution in [0.3, 0.4) is 0 Å². The van der Waals surface area contributed by atoms with Crippen molar-refractivity contribution >= 4 is 34.0 Å². The van der Waals surface area contributed by atoms with Gasteiger partial charge in [-0.3, -0.25) is 9.52 Å². The summed E-state index contributed by atoms with van der Waals surface area (Å²) in [7, 11) is -3.81. The number of nitrogens with one attached hydrogen (secondary N) is 2. The number of benzene rings is 2. The summed E-state index contributed by atoms with van der Waals surface area (Å²) in [4.78, 5) is 14.6. The average molecular weight is 426 g/mol. The highest BCUT2D eigenvalue weighted by molar-refractivity contribution is 7.92. The van der Waals surface area contributed by atoms with Crippen molar-refractivity contribution < 1.29 is 17.6 Å². The lowest BCUT2D eigenvalue weighted by molar-refractivity contribution is 0.0781. The minimum Gasteiger partial charge on any atom is -0.338 e. The van der Waals surface area contributed by atoms with Crippen LogP contribution in [0.2, 0.25) is 0 Å². The Hall–Kier alpha value is -2.16. The second kappa shape index (κ2) is 8.06. The van der Waals surface area contributed by atoms with Crippen molar-refractivity contribution in [3.05, 3.63) is 59.9 Å². The van der Waals surface area contributed by atoms with E-state index in [-0.39, 0.29) is 28.9 Å². The van der Waals surface area contributed by atoms with Crippen LogP contribution in [-0.4, -0.2) is 45.4 Å². The summed E-state index contributed by atoms with van der Waals surface area (Å²) in [5, 5.41) is 3.34. The van der Waals surface area contributed by atoms with Gasteiger partial charge in [0.25, 0.3) is 15.9 Å². The molecule has 2 aliphatic heterocycles. The lowest BCUT2D eigenvalue weighted by Gasteiger charge is -2.17. The van der Waals surface area contributed by atoms with Crippen LogP contribution >= 0.6 is 12.4 Å². The Balaban J connectivity index is 0.00000225. The number of hydrogen-bond acceptors (Lipinski definition) is 4. The maximum Gasteiger partial charge on any atom is 0.261 e. The number of rotatable bonds is 4. The number of halogens is 2. The van der Waals surface area contributed by atoms with Crippen molar-refractivity contribution in [3.63, 3.8) is 0 Å². The van der Waals surface area contributed by atoms with Crippen LogP contribution in [0, 0.1) is 17.7 Å². The molecule has 2 heterocycles. The van der Waals surface area contributed by atoms with E-state index >= 15 is 0 Å².